The molecule has 0 unspecified atom stereocenters. The minimum atomic E-state index is -6.34. The lowest BCUT2D eigenvalue weighted by Crippen LogP contribution is -2.57. The number of hydrogen-bond donors (Lipinski definition) is 1. The molecule has 2 aromatic carbocycles. The Labute approximate surface area is 181 Å². The van der Waals surface area contributed by atoms with Gasteiger partial charge in [0.1, 0.15) is 12.1 Å². The first kappa shape index (κ1) is 24.0. The monoisotopic (exact) mass is 477 g/mol. The van der Waals surface area contributed by atoms with Crippen LogP contribution in [0.1, 0.15) is 12.0 Å². The van der Waals surface area contributed by atoms with E-state index in [2.05, 4.69) is 14.8 Å². The van der Waals surface area contributed by atoms with Gasteiger partial charge in [0.2, 0.25) is 0 Å². The van der Waals surface area contributed by atoms with Crippen molar-refractivity contribution in [3.05, 3.63) is 60.4 Å². The number of hydrogen-bond acceptors (Lipinski definition) is 4. The molecule has 0 saturated heterocycles. The first-order valence-electron chi connectivity index (χ1n) is 9.15. The van der Waals surface area contributed by atoms with E-state index in [0.717, 1.165) is 29.8 Å². The van der Waals surface area contributed by atoms with E-state index in [0.29, 0.717) is 12.0 Å². The molecule has 176 valence electrons. The van der Waals surface area contributed by atoms with Gasteiger partial charge in [0.05, 0.1) is 5.69 Å². The average molecular weight is 477 g/mol. The van der Waals surface area contributed by atoms with E-state index in [1.165, 1.54) is 11.0 Å². The lowest BCUT2D eigenvalue weighted by Gasteiger charge is -2.29. The van der Waals surface area contributed by atoms with Crippen molar-refractivity contribution in [3.8, 4) is 22.8 Å². The third kappa shape index (κ3) is 5.23. The van der Waals surface area contributed by atoms with Crippen molar-refractivity contribution in [1.82, 2.24) is 14.8 Å². The summed E-state index contributed by atoms with van der Waals surface area (Å²) >= 11 is 0. The van der Waals surface area contributed by atoms with Crippen molar-refractivity contribution < 1.29 is 45.4 Å². The number of aliphatic carboxylic acids is 1. The number of halogens is 7. The molecule has 0 saturated carbocycles. The van der Waals surface area contributed by atoms with Gasteiger partial charge >= 0.3 is 24.2 Å². The number of ether oxygens (including phenoxy) is 1. The van der Waals surface area contributed by atoms with Crippen LogP contribution in [0, 0.1) is 0 Å². The minimum absolute atomic E-state index is 0.0264. The first-order valence-corrected chi connectivity index (χ1v) is 9.15. The van der Waals surface area contributed by atoms with Crippen LogP contribution in [-0.4, -0.2) is 44.0 Å². The molecule has 0 bridgehead atoms. The van der Waals surface area contributed by atoms with Crippen molar-refractivity contribution in [1.29, 1.82) is 0 Å². The molecular formula is C20H14F7N3O3. The molecule has 0 aliphatic heterocycles. The predicted molar refractivity (Wildman–Crippen MR) is 99.3 cm³/mol. The molecular weight excluding hydrogens is 463 g/mol. The zero-order valence-electron chi connectivity index (χ0n) is 16.4. The summed E-state index contributed by atoms with van der Waals surface area (Å²) in [5.41, 5.74) is 1.59. The van der Waals surface area contributed by atoms with Crippen molar-refractivity contribution >= 4 is 5.97 Å². The zero-order chi connectivity index (χ0) is 24.4. The minimum Gasteiger partial charge on any atom is -0.481 e. The van der Waals surface area contributed by atoms with Gasteiger partial charge in [-0.2, -0.15) is 30.7 Å². The second-order valence-electron chi connectivity index (χ2n) is 6.79. The molecule has 0 aliphatic rings. The van der Waals surface area contributed by atoms with E-state index in [9.17, 15) is 35.5 Å². The van der Waals surface area contributed by atoms with Crippen LogP contribution in [0.15, 0.2) is 54.9 Å². The van der Waals surface area contributed by atoms with Gasteiger partial charge in [0.15, 0.2) is 5.82 Å². The molecule has 6 nitrogen and oxygen atoms in total. The van der Waals surface area contributed by atoms with Crippen molar-refractivity contribution in [2.24, 2.45) is 0 Å². The summed E-state index contributed by atoms with van der Waals surface area (Å²) in [6.07, 6.45) is -11.1. The Morgan fingerprint density at radius 2 is 1.48 bits per heavy atom. The molecule has 1 aromatic heterocycles. The number of nitrogens with zero attached hydrogens (tertiary/aromatic N) is 3. The van der Waals surface area contributed by atoms with E-state index >= 15 is 0 Å². The maximum absolute atomic E-state index is 13.7. The van der Waals surface area contributed by atoms with Crippen LogP contribution < -0.4 is 4.74 Å². The number of aryl methyl sites for hydroxylation is 1. The van der Waals surface area contributed by atoms with Gasteiger partial charge in [0.25, 0.3) is 0 Å². The number of carbonyl (C=O) groups is 1. The molecule has 0 amide bonds. The highest BCUT2D eigenvalue weighted by atomic mass is 19.4. The average Bonchev–Trinajstić information content (AvgIpc) is 3.22. The van der Waals surface area contributed by atoms with E-state index in [-0.39, 0.29) is 17.9 Å². The van der Waals surface area contributed by atoms with Crippen LogP contribution in [0.5, 0.6) is 5.75 Å². The fraction of sp³-hybridized carbons (Fsp3) is 0.250. The molecule has 0 aliphatic carbocycles. The Kier molecular flexibility index (Phi) is 6.34. The molecule has 0 spiro atoms. The highest BCUT2D eigenvalue weighted by Gasteiger charge is 2.76. The van der Waals surface area contributed by atoms with E-state index < -0.39 is 29.9 Å². The Bertz CT molecular complexity index is 1090. The fourth-order valence-electron chi connectivity index (χ4n) is 2.70. The van der Waals surface area contributed by atoms with Gasteiger partial charge in [0, 0.05) is 12.0 Å². The Balaban J connectivity index is 1.75. The van der Waals surface area contributed by atoms with Gasteiger partial charge < -0.3 is 9.84 Å². The summed E-state index contributed by atoms with van der Waals surface area (Å²) in [6.45, 7) is 0. The number of alkyl halides is 7. The van der Waals surface area contributed by atoms with E-state index in [1.807, 2.05) is 0 Å². The van der Waals surface area contributed by atoms with E-state index in [1.54, 1.807) is 24.3 Å². The van der Waals surface area contributed by atoms with Crippen LogP contribution in [-0.2, 0) is 11.2 Å². The van der Waals surface area contributed by atoms with Crippen LogP contribution >= 0.6 is 0 Å². The summed E-state index contributed by atoms with van der Waals surface area (Å²) in [5.74, 6) is -7.52. The normalized spacial score (nSPS) is 12.6. The second-order valence-corrected chi connectivity index (χ2v) is 6.79. The molecule has 33 heavy (non-hydrogen) atoms. The third-order valence-corrected chi connectivity index (χ3v) is 4.42. The van der Waals surface area contributed by atoms with E-state index in [4.69, 9.17) is 5.11 Å². The van der Waals surface area contributed by atoms with Crippen LogP contribution in [0.2, 0.25) is 0 Å². The van der Waals surface area contributed by atoms with Gasteiger partial charge in [-0.3, -0.25) is 4.79 Å². The fourth-order valence-corrected chi connectivity index (χ4v) is 2.70. The van der Waals surface area contributed by atoms with Crippen molar-refractivity contribution in [2.45, 2.75) is 31.0 Å². The largest absolute Gasteiger partial charge is 0.481 e. The van der Waals surface area contributed by atoms with Crippen LogP contribution in [0.4, 0.5) is 30.7 Å². The van der Waals surface area contributed by atoms with Gasteiger partial charge in [-0.25, -0.2) is 9.67 Å². The lowest BCUT2D eigenvalue weighted by molar-refractivity contribution is -0.405. The Morgan fingerprint density at radius 3 is 2.00 bits per heavy atom. The molecule has 0 radical (unpaired) electrons. The summed E-state index contributed by atoms with van der Waals surface area (Å²) < 4.78 is 94.3. The van der Waals surface area contributed by atoms with Gasteiger partial charge in [-0.1, -0.05) is 24.3 Å². The molecule has 0 fully saturated rings. The maximum Gasteiger partial charge on any atom is 0.470 e. The summed E-state index contributed by atoms with van der Waals surface area (Å²) in [7, 11) is 0. The standard InChI is InChI=1S/C20H14F7N3O3/c21-18(19(22,23)24,20(25,26)27)33-15-8-6-14(7-9-15)30-11-28-17(29-30)13-4-1-12(2-5-13)3-10-16(31)32/h1-2,4-9,11H,3,10H2,(H,31,32). The Morgan fingerprint density at radius 1 is 0.909 bits per heavy atom. The molecule has 13 heteroatoms. The number of carboxylic acids is 1. The lowest BCUT2D eigenvalue weighted by atomic mass is 10.1. The molecule has 3 rings (SSSR count). The molecule has 1 N–H and O–H groups in total. The van der Waals surface area contributed by atoms with Crippen LogP contribution in [0.3, 0.4) is 0 Å². The number of aromatic nitrogens is 3. The topological polar surface area (TPSA) is 77.2 Å². The second kappa shape index (κ2) is 8.71. The quantitative estimate of drug-likeness (QED) is 0.478. The highest BCUT2D eigenvalue weighted by Crippen LogP contribution is 2.47. The van der Waals surface area contributed by atoms with Crippen molar-refractivity contribution in [2.75, 3.05) is 0 Å². The smallest absolute Gasteiger partial charge is 0.470 e. The molecule has 0 atom stereocenters. The number of carboxylic acid groups (broad SMARTS) is 1. The third-order valence-electron chi connectivity index (χ3n) is 4.42. The first-order chi connectivity index (χ1) is 15.3. The molecule has 1 heterocycles. The number of rotatable bonds is 7. The van der Waals surface area contributed by atoms with Gasteiger partial charge in [-0.15, -0.1) is 5.10 Å². The number of benzene rings is 2. The van der Waals surface area contributed by atoms with Gasteiger partial charge in [-0.05, 0) is 36.2 Å². The summed E-state index contributed by atoms with van der Waals surface area (Å²) in [6, 6.07) is 10.4. The predicted octanol–water partition coefficient (Wildman–Crippen LogP) is 5.12. The zero-order valence-corrected chi connectivity index (χ0v) is 16.4. The SMILES string of the molecule is O=C(O)CCc1ccc(-c2ncn(-c3ccc(OC(F)(C(F)(F)F)C(F)(F)F)cc3)n2)cc1. The molecule has 3 aromatic rings. The van der Waals surface area contributed by atoms with Crippen LogP contribution in [0.25, 0.3) is 17.1 Å². The summed E-state index contributed by atoms with van der Waals surface area (Å²) in [5, 5.41) is 12.9. The summed E-state index contributed by atoms with van der Waals surface area (Å²) in [4.78, 5) is 14.7. The Hall–Kier alpha value is -3.64. The van der Waals surface area contributed by atoms with Crippen molar-refractivity contribution in [3.63, 3.8) is 0 Å². The highest BCUT2D eigenvalue weighted by molar-refractivity contribution is 5.67. The maximum atomic E-state index is 13.7.